The smallest absolute Gasteiger partial charge is 0.253 e. The third-order valence-electron chi connectivity index (χ3n) is 10.5. The van der Waals surface area contributed by atoms with E-state index in [4.69, 9.17) is 14.5 Å². The highest BCUT2D eigenvalue weighted by Gasteiger charge is 2.36. The number of halogens is 4. The molecule has 2 saturated heterocycles. The minimum absolute atomic E-state index is 0.00549. The third-order valence-corrected chi connectivity index (χ3v) is 10.5. The van der Waals surface area contributed by atoms with Gasteiger partial charge in [0, 0.05) is 94.0 Å². The van der Waals surface area contributed by atoms with Gasteiger partial charge in [-0.1, -0.05) is 0 Å². The lowest BCUT2D eigenvalue weighted by molar-refractivity contribution is -0.0366. The number of carbonyl (C=O) groups is 1. The molecule has 0 radical (unpaired) electrons. The topological polar surface area (TPSA) is 162 Å². The van der Waals surface area contributed by atoms with E-state index in [0.717, 1.165) is 81.1 Å². The molecule has 2 aliphatic carbocycles. The van der Waals surface area contributed by atoms with Crippen molar-refractivity contribution in [3.63, 3.8) is 0 Å². The van der Waals surface area contributed by atoms with Gasteiger partial charge in [-0.2, -0.15) is 20.2 Å². The van der Waals surface area contributed by atoms with Crippen LogP contribution in [0.5, 0.6) is 0 Å². The summed E-state index contributed by atoms with van der Waals surface area (Å²) in [5.74, 6) is -3.21. The molecule has 19 heteroatoms. The summed E-state index contributed by atoms with van der Waals surface area (Å²) in [6.07, 6.45) is 1.79. The quantitative estimate of drug-likeness (QED) is 0.138. The Bertz CT molecular complexity index is 1950. The van der Waals surface area contributed by atoms with Crippen LogP contribution in [0.15, 0.2) is 24.3 Å². The average Bonchev–Trinajstić information content (AvgIpc) is 3.75. The zero-order valence-corrected chi connectivity index (χ0v) is 34.3. The van der Waals surface area contributed by atoms with Crippen molar-refractivity contribution in [1.82, 2.24) is 49.7 Å². The number of aryl methyl sites for hydroxylation is 4. The molecule has 0 unspecified atom stereocenters. The van der Waals surface area contributed by atoms with E-state index in [9.17, 15) is 22.4 Å². The van der Waals surface area contributed by atoms with Gasteiger partial charge >= 0.3 is 0 Å². The summed E-state index contributed by atoms with van der Waals surface area (Å²) in [6, 6.07) is 7.22. The molecule has 2 aliphatic heterocycles. The highest BCUT2D eigenvalue weighted by molar-refractivity contribution is 5.73. The number of anilines is 2. The van der Waals surface area contributed by atoms with E-state index >= 15 is 0 Å². The number of rotatable bonds is 9. The Morgan fingerprint density at radius 3 is 1.59 bits per heavy atom. The van der Waals surface area contributed by atoms with E-state index in [-0.39, 0.29) is 49.4 Å². The van der Waals surface area contributed by atoms with Crippen LogP contribution >= 0.6 is 0 Å². The van der Waals surface area contributed by atoms with Crippen molar-refractivity contribution < 1.29 is 31.8 Å². The van der Waals surface area contributed by atoms with Crippen molar-refractivity contribution >= 4 is 17.9 Å². The molecular formula is C40H56F4N12O3. The first-order chi connectivity index (χ1) is 28.2. The van der Waals surface area contributed by atoms with Crippen molar-refractivity contribution in [3.8, 4) is 11.9 Å². The number of alkyl halides is 4. The molecular weight excluding hydrogens is 773 g/mol. The first-order valence-corrected chi connectivity index (χ1v) is 20.4. The van der Waals surface area contributed by atoms with Crippen LogP contribution in [0.3, 0.4) is 0 Å². The highest BCUT2D eigenvalue weighted by atomic mass is 19.3. The van der Waals surface area contributed by atoms with Crippen LogP contribution in [0.2, 0.25) is 0 Å². The van der Waals surface area contributed by atoms with Gasteiger partial charge in [-0.15, -0.1) is 0 Å². The predicted octanol–water partition coefficient (Wildman–Crippen LogP) is 5.79. The number of carbonyl (C=O) groups excluding carboxylic acids is 1. The zero-order valence-electron chi connectivity index (χ0n) is 34.3. The maximum absolute atomic E-state index is 13.5. The molecule has 0 atom stereocenters. The van der Waals surface area contributed by atoms with E-state index < -0.39 is 11.8 Å². The number of morpholine rings is 2. The molecule has 0 aromatic carbocycles. The fourth-order valence-corrected chi connectivity index (χ4v) is 7.37. The lowest BCUT2D eigenvalue weighted by Crippen LogP contribution is -2.36. The molecule has 4 aromatic rings. The van der Waals surface area contributed by atoms with E-state index in [1.807, 2.05) is 45.9 Å². The molecule has 2 saturated carbocycles. The van der Waals surface area contributed by atoms with Gasteiger partial charge in [-0.25, -0.2) is 36.9 Å². The standard InChI is InChI=1S/C20H28F2N6O.C16H19F2N5O.C4H9NO/c1-14-11-15(2)28(26-14)19-24-17(13-27-7-9-29-10-8-27)12-18(25-19)23-16-3-5-20(21,22)6-4-16;1-10-7-11(2)23(22-10)15-20-13(9-24)8-14(21-15)19-12-3-5-16(17,18)6-4-12;1-3-6-4-2-5-1/h11-12,16H,3-10,13H2,1-2H3,(H,23,24,25);7-9,12H,3-6H2,1-2H3,(H,19,20,21);5H,1-4H2. The largest absolute Gasteiger partial charge is 0.379 e. The molecule has 4 aromatic heterocycles. The Hall–Kier alpha value is -4.59. The number of hydrogen-bond acceptors (Lipinski definition) is 13. The first kappa shape index (κ1) is 44.0. The van der Waals surface area contributed by atoms with E-state index in [1.165, 1.54) is 6.07 Å². The molecule has 0 bridgehead atoms. The van der Waals surface area contributed by atoms with Gasteiger partial charge < -0.3 is 25.4 Å². The minimum Gasteiger partial charge on any atom is -0.379 e. The van der Waals surface area contributed by atoms with Crippen LogP contribution in [0, 0.1) is 27.7 Å². The van der Waals surface area contributed by atoms with Crippen molar-refractivity contribution in [1.29, 1.82) is 0 Å². The van der Waals surface area contributed by atoms with Gasteiger partial charge in [-0.05, 0) is 65.5 Å². The zero-order chi connectivity index (χ0) is 42.0. The fourth-order valence-electron chi connectivity index (χ4n) is 7.37. The molecule has 0 spiro atoms. The second-order valence-corrected chi connectivity index (χ2v) is 15.6. The van der Waals surface area contributed by atoms with Crippen LogP contribution in [0.25, 0.3) is 11.9 Å². The molecule has 59 heavy (non-hydrogen) atoms. The van der Waals surface area contributed by atoms with Crippen molar-refractivity contribution in [2.75, 3.05) is 63.2 Å². The summed E-state index contributed by atoms with van der Waals surface area (Å²) in [5.41, 5.74) is 4.61. The van der Waals surface area contributed by atoms with E-state index in [2.05, 4.69) is 46.0 Å². The first-order valence-electron chi connectivity index (χ1n) is 20.4. The lowest BCUT2D eigenvalue weighted by atomic mass is 9.92. The van der Waals surface area contributed by atoms with E-state index in [0.29, 0.717) is 56.1 Å². The fraction of sp³-hybridized carbons (Fsp3) is 0.625. The summed E-state index contributed by atoms with van der Waals surface area (Å²) >= 11 is 0. The van der Waals surface area contributed by atoms with Crippen molar-refractivity contribution in [2.45, 2.75) is 110 Å². The Labute approximate surface area is 342 Å². The van der Waals surface area contributed by atoms with Crippen molar-refractivity contribution in [3.05, 3.63) is 58.4 Å². The number of aldehydes is 1. The molecule has 3 N–H and O–H groups in total. The average molecular weight is 829 g/mol. The highest BCUT2D eigenvalue weighted by Crippen LogP contribution is 2.35. The molecule has 322 valence electrons. The third kappa shape index (κ3) is 13.2. The number of aromatic nitrogens is 8. The summed E-state index contributed by atoms with van der Waals surface area (Å²) in [4.78, 5) is 31.4. The molecule has 0 amide bonds. The Kier molecular flexibility index (Phi) is 15.0. The van der Waals surface area contributed by atoms with Gasteiger partial charge in [0.25, 0.3) is 11.9 Å². The summed E-state index contributed by atoms with van der Waals surface area (Å²) < 4.78 is 67.2. The molecule has 15 nitrogen and oxygen atoms in total. The minimum atomic E-state index is -2.58. The molecule has 8 rings (SSSR count). The lowest BCUT2D eigenvalue weighted by Gasteiger charge is -2.29. The second kappa shape index (κ2) is 20.1. The van der Waals surface area contributed by atoms with E-state index in [1.54, 1.807) is 9.36 Å². The summed E-state index contributed by atoms with van der Waals surface area (Å²) in [6.45, 7) is 15.3. The van der Waals surface area contributed by atoms with Crippen LogP contribution < -0.4 is 16.0 Å². The van der Waals surface area contributed by atoms with Gasteiger partial charge in [-0.3, -0.25) is 9.69 Å². The number of ether oxygens (including phenoxy) is 2. The van der Waals surface area contributed by atoms with Gasteiger partial charge in [0.1, 0.15) is 17.3 Å². The van der Waals surface area contributed by atoms with Gasteiger partial charge in [0.15, 0.2) is 6.29 Å². The summed E-state index contributed by atoms with van der Waals surface area (Å²) in [7, 11) is 0. The summed E-state index contributed by atoms with van der Waals surface area (Å²) in [5, 5.41) is 18.5. The second-order valence-electron chi connectivity index (χ2n) is 15.6. The Morgan fingerprint density at radius 2 is 1.17 bits per heavy atom. The Morgan fingerprint density at radius 1 is 0.695 bits per heavy atom. The Balaban J connectivity index is 0.000000176. The molecule has 4 fully saturated rings. The monoisotopic (exact) mass is 828 g/mol. The van der Waals surface area contributed by atoms with Crippen LogP contribution in [0.1, 0.15) is 90.3 Å². The predicted molar refractivity (Wildman–Crippen MR) is 214 cm³/mol. The number of nitrogens with one attached hydrogen (secondary N) is 3. The molecule has 4 aliphatic rings. The molecule has 6 heterocycles. The number of hydrogen-bond donors (Lipinski definition) is 3. The maximum atomic E-state index is 13.5. The normalized spacial score (nSPS) is 19.8. The van der Waals surface area contributed by atoms with Crippen LogP contribution in [-0.4, -0.2) is 127 Å². The van der Waals surface area contributed by atoms with Crippen LogP contribution in [0.4, 0.5) is 29.2 Å². The van der Waals surface area contributed by atoms with Crippen molar-refractivity contribution in [2.24, 2.45) is 0 Å². The van der Waals surface area contributed by atoms with Gasteiger partial charge in [0.05, 0.1) is 43.5 Å². The number of nitrogens with zero attached hydrogens (tertiary/aromatic N) is 9. The van der Waals surface area contributed by atoms with Crippen LogP contribution in [-0.2, 0) is 16.0 Å². The SMILES string of the molecule is C1COCCN1.Cc1cc(C)n(-c2nc(C=O)cc(NC3CCC(F)(F)CC3)n2)n1.Cc1cc(C)n(-c2nc(CN3CCOCC3)cc(NC3CCC(F)(F)CC3)n2)n1. The van der Waals surface area contributed by atoms with Gasteiger partial charge in [0.2, 0.25) is 11.8 Å². The maximum Gasteiger partial charge on any atom is 0.253 e.